The highest BCUT2D eigenvalue weighted by molar-refractivity contribution is 5.86. The zero-order valence-corrected chi connectivity index (χ0v) is 7.33. The van der Waals surface area contributed by atoms with Crippen molar-refractivity contribution < 1.29 is 19.4 Å². The Hall–Kier alpha value is -1.84. The molecule has 0 fully saturated rings. The summed E-state index contributed by atoms with van der Waals surface area (Å²) in [7, 11) is 0. The zero-order valence-electron chi connectivity index (χ0n) is 7.33. The molecule has 0 atom stereocenters. The summed E-state index contributed by atoms with van der Waals surface area (Å²) in [6.07, 6.45) is -0.116. The third-order valence-electron chi connectivity index (χ3n) is 1.76. The molecule has 0 saturated carbocycles. The first-order chi connectivity index (χ1) is 6.52. The fourth-order valence-electron chi connectivity index (χ4n) is 1.01. The molecule has 1 aromatic carbocycles. The Morgan fingerprint density at radius 1 is 1.50 bits per heavy atom. The Morgan fingerprint density at radius 2 is 2.14 bits per heavy atom. The van der Waals surface area contributed by atoms with Gasteiger partial charge in [0, 0.05) is 12.0 Å². The summed E-state index contributed by atoms with van der Waals surface area (Å²) in [6.45, 7) is 3.27. The molecule has 74 valence electrons. The summed E-state index contributed by atoms with van der Waals surface area (Å²) in [5.74, 6) is -2.46. The smallest absolute Gasteiger partial charge is 0.331 e. The maximum atomic E-state index is 13.1. The van der Waals surface area contributed by atoms with Gasteiger partial charge in [0.2, 0.25) is 0 Å². The summed E-state index contributed by atoms with van der Waals surface area (Å²) < 4.78 is 13.1. The van der Waals surface area contributed by atoms with Crippen molar-refractivity contribution in [3.63, 3.8) is 0 Å². The van der Waals surface area contributed by atoms with Crippen molar-refractivity contribution in [3.05, 3.63) is 41.7 Å². The molecule has 0 amide bonds. The molecule has 0 unspecified atom stereocenters. The Bertz CT molecular complexity index is 385. The Morgan fingerprint density at radius 3 is 2.71 bits per heavy atom. The van der Waals surface area contributed by atoms with Crippen LogP contribution in [0.5, 0.6) is 5.75 Å². The summed E-state index contributed by atoms with van der Waals surface area (Å²) in [6, 6.07) is 4.05. The van der Waals surface area contributed by atoms with Crippen LogP contribution in [0.4, 0.5) is 4.39 Å². The molecule has 1 rings (SSSR count). The Kier molecular flexibility index (Phi) is 2.86. The molecular weight excluding hydrogens is 186 g/mol. The number of carboxylic acid groups (broad SMARTS) is 1. The van der Waals surface area contributed by atoms with Crippen LogP contribution in [-0.2, 0) is 11.2 Å². The lowest BCUT2D eigenvalue weighted by Gasteiger charge is -2.03. The highest BCUT2D eigenvalue weighted by Crippen LogP contribution is 2.20. The maximum Gasteiger partial charge on any atom is 0.331 e. The van der Waals surface area contributed by atoms with Crippen molar-refractivity contribution in [2.24, 2.45) is 0 Å². The molecule has 2 N–H and O–H groups in total. The molecule has 1 aromatic rings. The molecule has 0 aliphatic heterocycles. The third kappa shape index (κ3) is 2.10. The summed E-state index contributed by atoms with van der Waals surface area (Å²) in [5.41, 5.74) is 0.00639. The van der Waals surface area contributed by atoms with E-state index in [1.807, 2.05) is 0 Å². The van der Waals surface area contributed by atoms with E-state index in [-0.39, 0.29) is 17.6 Å². The lowest BCUT2D eigenvalue weighted by Crippen LogP contribution is -2.03. The van der Waals surface area contributed by atoms with Gasteiger partial charge in [-0.3, -0.25) is 0 Å². The monoisotopic (exact) mass is 195 g/mol. The number of aromatic hydroxyl groups is 1. The zero-order chi connectivity index (χ0) is 10.7. The minimum Gasteiger partial charge on any atom is -0.505 e. The number of benzene rings is 1. The van der Waals surface area contributed by atoms with E-state index in [0.29, 0.717) is 0 Å². The number of hydrogen-bond donors (Lipinski definition) is 2. The molecule has 0 heterocycles. The number of halogens is 1. The number of aliphatic carboxylic acids is 1. The van der Waals surface area contributed by atoms with E-state index in [0.717, 1.165) is 0 Å². The van der Waals surface area contributed by atoms with Crippen LogP contribution in [0.1, 0.15) is 5.56 Å². The van der Waals surface area contributed by atoms with Gasteiger partial charge in [-0.05, 0) is 11.6 Å². The first-order valence-electron chi connectivity index (χ1n) is 3.89. The Balaban J connectivity index is 2.93. The topological polar surface area (TPSA) is 57.5 Å². The fourth-order valence-corrected chi connectivity index (χ4v) is 1.01. The molecule has 0 aromatic heterocycles. The van der Waals surface area contributed by atoms with Crippen LogP contribution in [0.15, 0.2) is 30.4 Å². The van der Waals surface area contributed by atoms with Gasteiger partial charge in [-0.2, -0.15) is 0 Å². The molecule has 0 radical (unpaired) electrons. The number of phenols is 1. The van der Waals surface area contributed by atoms with Gasteiger partial charge >= 0.3 is 5.97 Å². The van der Waals surface area contributed by atoms with E-state index in [9.17, 15) is 9.18 Å². The van der Waals surface area contributed by atoms with Crippen molar-refractivity contribution in [1.82, 2.24) is 0 Å². The van der Waals surface area contributed by atoms with E-state index in [1.54, 1.807) is 0 Å². The van der Waals surface area contributed by atoms with Gasteiger partial charge in [0.05, 0.1) is 0 Å². The second-order valence-corrected chi connectivity index (χ2v) is 2.84. The van der Waals surface area contributed by atoms with Crippen molar-refractivity contribution in [3.8, 4) is 5.75 Å². The van der Waals surface area contributed by atoms with E-state index < -0.39 is 17.5 Å². The van der Waals surface area contributed by atoms with E-state index in [4.69, 9.17) is 10.2 Å². The third-order valence-corrected chi connectivity index (χ3v) is 1.76. The molecular formula is C10H9FO3. The highest BCUT2D eigenvalue weighted by Gasteiger charge is 2.11. The molecule has 4 heteroatoms. The van der Waals surface area contributed by atoms with Crippen LogP contribution in [-0.4, -0.2) is 16.2 Å². The fraction of sp³-hybridized carbons (Fsp3) is 0.100. The largest absolute Gasteiger partial charge is 0.505 e. The predicted molar refractivity (Wildman–Crippen MR) is 48.5 cm³/mol. The van der Waals surface area contributed by atoms with Crippen molar-refractivity contribution in [1.29, 1.82) is 0 Å². The quantitative estimate of drug-likeness (QED) is 0.722. The standard InChI is InChI=1S/C10H9FO3/c1-6(10(13)14)5-7-3-2-4-8(12)9(7)11/h2-4,12H,1,5H2,(H,13,14)/i11-1. The molecule has 0 aliphatic rings. The van der Waals surface area contributed by atoms with Gasteiger partial charge in [-0.25, -0.2) is 9.18 Å². The lowest BCUT2D eigenvalue weighted by molar-refractivity contribution is -0.132. The molecule has 0 bridgehead atoms. The molecule has 14 heavy (non-hydrogen) atoms. The Labute approximate surface area is 80.1 Å². The van der Waals surface area contributed by atoms with Crippen LogP contribution in [0.2, 0.25) is 0 Å². The lowest BCUT2D eigenvalue weighted by atomic mass is 10.1. The van der Waals surface area contributed by atoms with Crippen molar-refractivity contribution in [2.45, 2.75) is 6.42 Å². The number of carbonyl (C=O) groups is 1. The van der Waals surface area contributed by atoms with Crippen LogP contribution in [0.25, 0.3) is 0 Å². The van der Waals surface area contributed by atoms with Crippen LogP contribution in [0, 0.1) is 5.82 Å². The summed E-state index contributed by atoms with van der Waals surface area (Å²) >= 11 is 0. The van der Waals surface area contributed by atoms with Gasteiger partial charge in [0.15, 0.2) is 11.6 Å². The maximum absolute atomic E-state index is 13.1. The van der Waals surface area contributed by atoms with E-state index >= 15 is 0 Å². The summed E-state index contributed by atoms with van der Waals surface area (Å²) in [5, 5.41) is 17.5. The average molecular weight is 195 g/mol. The van der Waals surface area contributed by atoms with Crippen molar-refractivity contribution >= 4 is 5.97 Å². The predicted octanol–water partition coefficient (Wildman–Crippen LogP) is 1.71. The van der Waals surface area contributed by atoms with E-state index in [2.05, 4.69) is 6.58 Å². The SMILES string of the molecule is C=C(Cc1cccc(O)c1[18F])C(=O)O. The number of hydrogen-bond acceptors (Lipinski definition) is 2. The van der Waals surface area contributed by atoms with Gasteiger partial charge in [0.25, 0.3) is 0 Å². The van der Waals surface area contributed by atoms with Gasteiger partial charge in [-0.1, -0.05) is 18.7 Å². The highest BCUT2D eigenvalue weighted by atomic mass is 18.2. The second-order valence-electron chi connectivity index (χ2n) is 2.84. The second kappa shape index (κ2) is 3.91. The van der Waals surface area contributed by atoms with Gasteiger partial charge in [0.1, 0.15) is 0 Å². The van der Waals surface area contributed by atoms with E-state index in [1.165, 1.54) is 18.2 Å². The number of rotatable bonds is 3. The van der Waals surface area contributed by atoms with Crippen LogP contribution in [0.3, 0.4) is 0 Å². The number of phenolic OH excluding ortho intramolecular Hbond substituents is 1. The minimum atomic E-state index is -1.17. The molecule has 0 spiro atoms. The molecule has 0 aliphatic carbocycles. The van der Waals surface area contributed by atoms with Crippen LogP contribution < -0.4 is 0 Å². The molecule has 3 nitrogen and oxygen atoms in total. The summed E-state index contributed by atoms with van der Waals surface area (Å²) in [4.78, 5) is 10.4. The normalized spacial score (nSPS) is 9.79. The van der Waals surface area contributed by atoms with Crippen LogP contribution >= 0.6 is 0 Å². The molecule has 0 saturated heterocycles. The number of carboxylic acids is 1. The van der Waals surface area contributed by atoms with Crippen molar-refractivity contribution in [2.75, 3.05) is 0 Å². The van der Waals surface area contributed by atoms with Gasteiger partial charge < -0.3 is 10.2 Å². The minimum absolute atomic E-state index is 0.116. The first-order valence-corrected chi connectivity index (χ1v) is 3.89. The average Bonchev–Trinajstić information content (AvgIpc) is 2.12. The van der Waals surface area contributed by atoms with Gasteiger partial charge in [-0.15, -0.1) is 0 Å². The first kappa shape index (κ1) is 10.2.